The first-order chi connectivity index (χ1) is 18.8. The normalized spacial score (nSPS) is 10.8. The first kappa shape index (κ1) is 33.8. The van der Waals surface area contributed by atoms with Crippen molar-refractivity contribution in [2.75, 3.05) is 19.8 Å². The average Bonchev–Trinajstić information content (AvgIpc) is 2.91. The first-order valence-electron chi connectivity index (χ1n) is 14.2. The van der Waals surface area contributed by atoms with Crippen LogP contribution >= 0.6 is 0 Å². The van der Waals surface area contributed by atoms with E-state index in [1.54, 1.807) is 0 Å². The number of hydrogen-bond donors (Lipinski definition) is 0. The van der Waals surface area contributed by atoms with E-state index in [1.807, 2.05) is 20.8 Å². The van der Waals surface area contributed by atoms with Gasteiger partial charge in [0.2, 0.25) is 0 Å². The zero-order valence-electron chi connectivity index (χ0n) is 23.7. The highest BCUT2D eigenvalue weighted by Crippen LogP contribution is 1.99. The molecule has 0 radical (unpaired) electrons. The van der Waals surface area contributed by atoms with Crippen molar-refractivity contribution in [1.82, 2.24) is 13.7 Å². The lowest BCUT2D eigenvalue weighted by atomic mass is 10.3. The van der Waals surface area contributed by atoms with Crippen molar-refractivity contribution in [3.63, 3.8) is 0 Å². The molecule has 0 atom stereocenters. The van der Waals surface area contributed by atoms with Gasteiger partial charge in [-0.1, -0.05) is 59.3 Å². The number of nitrogens with zero attached hydrogens (tertiary/aromatic N) is 3. The predicted octanol–water partition coefficient (Wildman–Crippen LogP) is 2.54. The van der Waals surface area contributed by atoms with Crippen LogP contribution in [0.4, 0.5) is 0 Å². The second kappa shape index (κ2) is 19.8. The zero-order valence-corrected chi connectivity index (χ0v) is 23.7. The number of carbonyl (C=O) groups excluding carboxylic acids is 3. The van der Waals surface area contributed by atoms with Crippen molar-refractivity contribution in [3.8, 4) is 0 Å². The molecule has 39 heavy (non-hydrogen) atoms. The van der Waals surface area contributed by atoms with Crippen molar-refractivity contribution in [2.45, 2.75) is 117 Å². The fourth-order valence-electron chi connectivity index (χ4n) is 3.70. The monoisotopic (exact) mass is 555 g/mol. The topological polar surface area (TPSA) is 145 Å². The molecule has 1 heterocycles. The minimum absolute atomic E-state index is 0.242. The summed E-state index contributed by atoms with van der Waals surface area (Å²) in [7, 11) is 0. The molecular weight excluding hydrogens is 510 g/mol. The molecular formula is C27H45N3O9. The standard InChI is InChI=1S/C27H45N3O9/c1-4-7-10-19-37-22(31)13-16-28-25(34)29(17-14-23(32)38-20-11-8-5-2)27(36)30(26(28)35)18-15-24(33)39-21-12-9-6-3/h4-21H2,1-3H3. The summed E-state index contributed by atoms with van der Waals surface area (Å²) in [4.78, 5) is 75.5. The minimum atomic E-state index is -0.944. The van der Waals surface area contributed by atoms with E-state index >= 15 is 0 Å². The zero-order chi connectivity index (χ0) is 29.0. The van der Waals surface area contributed by atoms with E-state index < -0.39 is 35.0 Å². The Morgan fingerprint density at radius 2 is 0.744 bits per heavy atom. The van der Waals surface area contributed by atoms with Gasteiger partial charge in [-0.05, 0) is 19.3 Å². The van der Waals surface area contributed by atoms with E-state index in [4.69, 9.17) is 14.2 Å². The summed E-state index contributed by atoms with van der Waals surface area (Å²) in [6, 6.07) is 0. The lowest BCUT2D eigenvalue weighted by molar-refractivity contribution is -0.144. The van der Waals surface area contributed by atoms with E-state index in [9.17, 15) is 28.8 Å². The highest BCUT2D eigenvalue weighted by molar-refractivity contribution is 5.70. The molecule has 1 rings (SSSR count). The van der Waals surface area contributed by atoms with Gasteiger partial charge in [-0.25, -0.2) is 28.1 Å². The van der Waals surface area contributed by atoms with Crippen LogP contribution in [0.15, 0.2) is 14.4 Å². The molecule has 0 bridgehead atoms. The molecule has 1 aromatic rings. The third-order valence-electron chi connectivity index (χ3n) is 6.04. The number of rotatable bonds is 21. The van der Waals surface area contributed by atoms with Crippen LogP contribution in [0.5, 0.6) is 0 Å². The summed E-state index contributed by atoms with van der Waals surface area (Å²) < 4.78 is 17.7. The Morgan fingerprint density at radius 3 is 0.974 bits per heavy atom. The van der Waals surface area contributed by atoms with E-state index in [1.165, 1.54) is 0 Å². The second-order valence-corrected chi connectivity index (χ2v) is 9.34. The highest BCUT2D eigenvalue weighted by atomic mass is 16.5. The van der Waals surface area contributed by atoms with Crippen LogP contribution in [0.25, 0.3) is 0 Å². The van der Waals surface area contributed by atoms with Crippen LogP contribution in [0.1, 0.15) is 97.8 Å². The van der Waals surface area contributed by atoms with Crippen molar-refractivity contribution in [3.05, 3.63) is 31.5 Å². The smallest absolute Gasteiger partial charge is 0.336 e. The number of unbranched alkanes of at least 4 members (excludes halogenated alkanes) is 6. The molecule has 0 saturated heterocycles. The lowest BCUT2D eigenvalue weighted by Gasteiger charge is -2.14. The molecule has 12 heteroatoms. The van der Waals surface area contributed by atoms with Gasteiger partial charge in [0.15, 0.2) is 0 Å². The molecule has 0 aliphatic rings. The third-order valence-corrected chi connectivity index (χ3v) is 6.04. The average molecular weight is 556 g/mol. The summed E-state index contributed by atoms with van der Waals surface area (Å²) in [5, 5.41) is 0. The number of carbonyl (C=O) groups is 3. The Morgan fingerprint density at radius 1 is 0.487 bits per heavy atom. The van der Waals surface area contributed by atoms with Gasteiger partial charge in [-0.2, -0.15) is 0 Å². The number of aromatic nitrogens is 3. The summed E-state index contributed by atoms with van der Waals surface area (Å²) in [5.74, 6) is -1.73. The highest BCUT2D eigenvalue weighted by Gasteiger charge is 2.19. The van der Waals surface area contributed by atoms with Crippen molar-refractivity contribution >= 4 is 17.9 Å². The van der Waals surface area contributed by atoms with Gasteiger partial charge >= 0.3 is 35.0 Å². The van der Waals surface area contributed by atoms with Gasteiger partial charge in [0.1, 0.15) is 0 Å². The Balaban J connectivity index is 3.06. The van der Waals surface area contributed by atoms with Crippen molar-refractivity contribution in [2.24, 2.45) is 0 Å². The van der Waals surface area contributed by atoms with Crippen molar-refractivity contribution < 1.29 is 28.6 Å². The SMILES string of the molecule is CCCCCOC(=O)CCn1c(=O)n(CCC(=O)OCCCCC)c(=O)n(CCC(=O)OCCCCC)c1=O. The number of hydrogen-bond acceptors (Lipinski definition) is 9. The summed E-state index contributed by atoms with van der Waals surface area (Å²) in [6.07, 6.45) is 7.00. The number of ether oxygens (including phenoxy) is 3. The summed E-state index contributed by atoms with van der Waals surface area (Å²) >= 11 is 0. The molecule has 222 valence electrons. The summed E-state index contributed by atoms with van der Waals surface area (Å²) in [6.45, 7) is 5.85. The van der Waals surface area contributed by atoms with E-state index in [-0.39, 0.29) is 58.7 Å². The second-order valence-electron chi connectivity index (χ2n) is 9.34. The molecule has 1 aromatic heterocycles. The van der Waals surface area contributed by atoms with Gasteiger partial charge in [-0.15, -0.1) is 0 Å². The van der Waals surface area contributed by atoms with Gasteiger partial charge in [0, 0.05) is 19.6 Å². The Labute approximate surface area is 229 Å². The summed E-state index contributed by atoms with van der Waals surface area (Å²) in [5.41, 5.74) is -2.83. The Kier molecular flexibility index (Phi) is 17.2. The van der Waals surface area contributed by atoms with Gasteiger partial charge in [0.25, 0.3) is 0 Å². The van der Waals surface area contributed by atoms with E-state index in [0.29, 0.717) is 19.3 Å². The molecule has 0 amide bonds. The maximum absolute atomic E-state index is 13.0. The van der Waals surface area contributed by atoms with Gasteiger partial charge in [0.05, 0.1) is 39.1 Å². The molecule has 0 aliphatic heterocycles. The Bertz CT molecular complexity index is 908. The van der Waals surface area contributed by atoms with Crippen molar-refractivity contribution in [1.29, 1.82) is 0 Å². The van der Waals surface area contributed by atoms with Crippen LogP contribution < -0.4 is 17.1 Å². The molecule has 0 N–H and O–H groups in total. The van der Waals surface area contributed by atoms with E-state index in [0.717, 1.165) is 52.2 Å². The van der Waals surface area contributed by atoms with Crippen LogP contribution in [-0.4, -0.2) is 51.4 Å². The van der Waals surface area contributed by atoms with E-state index in [2.05, 4.69) is 0 Å². The quantitative estimate of drug-likeness (QED) is 0.127. The molecule has 12 nitrogen and oxygen atoms in total. The van der Waals surface area contributed by atoms with Crippen LogP contribution in [-0.2, 0) is 48.2 Å². The minimum Gasteiger partial charge on any atom is -0.466 e. The van der Waals surface area contributed by atoms with Crippen LogP contribution in [0, 0.1) is 0 Å². The van der Waals surface area contributed by atoms with Gasteiger partial charge < -0.3 is 14.2 Å². The molecule has 0 aromatic carbocycles. The third kappa shape index (κ3) is 12.9. The fraction of sp³-hybridized carbons (Fsp3) is 0.778. The molecule has 0 spiro atoms. The van der Waals surface area contributed by atoms with Crippen LogP contribution in [0.3, 0.4) is 0 Å². The van der Waals surface area contributed by atoms with Crippen LogP contribution in [0.2, 0.25) is 0 Å². The molecule has 0 fully saturated rings. The first-order valence-corrected chi connectivity index (χ1v) is 14.2. The lowest BCUT2D eigenvalue weighted by Crippen LogP contribution is -2.55. The predicted molar refractivity (Wildman–Crippen MR) is 145 cm³/mol. The Hall–Kier alpha value is -3.18. The fourth-order valence-corrected chi connectivity index (χ4v) is 3.70. The maximum atomic E-state index is 13.0. The maximum Gasteiger partial charge on any atom is 0.336 e. The van der Waals surface area contributed by atoms with Gasteiger partial charge in [-0.3, -0.25) is 14.4 Å². The molecule has 0 unspecified atom stereocenters. The molecule has 0 aliphatic carbocycles. The largest absolute Gasteiger partial charge is 0.466 e. The molecule has 0 saturated carbocycles. The number of esters is 3.